The molecule has 1 aliphatic carbocycles. The molecule has 26 heteroatoms. The Hall–Kier alpha value is -7.71. The number of aliphatic carboxylic acids is 1. The van der Waals surface area contributed by atoms with Crippen LogP contribution in [0.15, 0.2) is 65.6 Å². The molecular weight excluding hydrogens is 1270 g/mol. The van der Waals surface area contributed by atoms with Crippen molar-refractivity contribution in [2.24, 2.45) is 47.2 Å². The molecule has 9 amide bonds. The number of thioether (sulfide) groups is 1. The smallest absolute Gasteiger partial charge is 0.410 e. The Labute approximate surface area is 576 Å². The number of ketones is 3. The zero-order valence-electron chi connectivity index (χ0n) is 59.1. The molecule has 538 valence electrons. The molecule has 2 aromatic rings. The van der Waals surface area contributed by atoms with E-state index in [1.165, 1.54) is 48.9 Å². The zero-order chi connectivity index (χ0) is 72.4. The van der Waals surface area contributed by atoms with Gasteiger partial charge in [-0.05, 0) is 97.8 Å². The third-order valence-electron chi connectivity index (χ3n) is 18.5. The van der Waals surface area contributed by atoms with E-state index in [4.69, 9.17) is 19.9 Å². The minimum atomic E-state index is -1.19. The van der Waals surface area contributed by atoms with Crippen LogP contribution in [0.3, 0.4) is 0 Å². The molecule has 1 fully saturated rings. The number of likely N-dealkylation sites (tertiary alicyclic amines) is 1. The highest BCUT2D eigenvalue weighted by molar-refractivity contribution is 8.03. The quantitative estimate of drug-likeness (QED) is 0.0255. The van der Waals surface area contributed by atoms with E-state index >= 15 is 0 Å². The van der Waals surface area contributed by atoms with Crippen molar-refractivity contribution in [2.75, 3.05) is 53.0 Å². The number of urea groups is 1. The SMILES string of the molecule is CC[C@H](C)[C@@H]([C@@H](CC(=O)N1CCC[C@H]1[C@H](OC)[C@@H](C)C(=O)N[C@@H](Cc1ccccc1)C(=O)O)OC)N(C)C(=O)[C@@H](NC(=O)[C@H](C(C)C)N(C)C(=O)OCc1ccc(NC(=O)[C@H](CCCNC(N)=O)CC(=O)[C@@H](NC(=O)CCCCCC2C(=O)C=C(SC)C2=O)C(C)C)cc1)C(C)C. The molecule has 0 spiro atoms. The molecule has 1 heterocycles. The summed E-state index contributed by atoms with van der Waals surface area (Å²) in [5, 5.41) is 23.8. The number of ether oxygens (including phenoxy) is 3. The van der Waals surface area contributed by atoms with E-state index < -0.39 is 120 Å². The number of methoxy groups -OCH3 is 2. The predicted octanol–water partition coefficient (Wildman–Crippen LogP) is 7.22. The molecule has 4 rings (SSSR count). The number of primary amides is 1. The Morgan fingerprint density at radius 2 is 1.41 bits per heavy atom. The lowest BCUT2D eigenvalue weighted by atomic mass is 9.89. The Balaban J connectivity index is 1.37. The fourth-order valence-electron chi connectivity index (χ4n) is 12.8. The number of likely N-dealkylation sites (N-methyl/N-ethyl adjacent to an activating group) is 2. The first-order valence-electron chi connectivity index (χ1n) is 33.9. The summed E-state index contributed by atoms with van der Waals surface area (Å²) in [6, 6.07) is 9.25. The molecule has 97 heavy (non-hydrogen) atoms. The maximum atomic E-state index is 14.8. The number of allylic oxidation sites excluding steroid dienone is 2. The van der Waals surface area contributed by atoms with Crippen LogP contribution < -0.4 is 32.3 Å². The molecule has 1 unspecified atom stereocenters. The molecule has 12 atom stereocenters. The first-order valence-corrected chi connectivity index (χ1v) is 35.1. The Bertz CT molecular complexity index is 3040. The molecule has 8 N–H and O–H groups in total. The Morgan fingerprint density at radius 3 is 1.98 bits per heavy atom. The Morgan fingerprint density at radius 1 is 0.753 bits per heavy atom. The van der Waals surface area contributed by atoms with E-state index in [2.05, 4.69) is 26.6 Å². The number of carbonyl (C=O) groups is 12. The van der Waals surface area contributed by atoms with Crippen molar-refractivity contribution in [2.45, 2.75) is 201 Å². The van der Waals surface area contributed by atoms with Gasteiger partial charge in [-0.1, -0.05) is 124 Å². The van der Waals surface area contributed by atoms with Crippen LogP contribution in [0.25, 0.3) is 0 Å². The van der Waals surface area contributed by atoms with Gasteiger partial charge in [-0.2, -0.15) is 0 Å². The third kappa shape index (κ3) is 24.4. The lowest BCUT2D eigenvalue weighted by Crippen LogP contribution is -2.60. The van der Waals surface area contributed by atoms with Gasteiger partial charge in [0.25, 0.3) is 0 Å². The van der Waals surface area contributed by atoms with Crippen molar-refractivity contribution >= 4 is 88.3 Å². The average molecular weight is 1370 g/mol. The maximum Gasteiger partial charge on any atom is 0.410 e. The van der Waals surface area contributed by atoms with Crippen LogP contribution in [0.4, 0.5) is 15.3 Å². The lowest BCUT2D eigenvalue weighted by Gasteiger charge is -2.41. The number of amides is 9. The molecule has 2 aromatic carbocycles. The summed E-state index contributed by atoms with van der Waals surface area (Å²) in [7, 11) is 5.98. The van der Waals surface area contributed by atoms with Crippen molar-refractivity contribution < 1.29 is 76.9 Å². The molecule has 1 aliphatic heterocycles. The van der Waals surface area contributed by atoms with Gasteiger partial charge < -0.3 is 61.4 Å². The standard InChI is InChI=1S/C71H107N9O16S/c1-15-44(8)62(55(94-12)39-58(84)80-35-23-28-52(80)64(95-13)45(9)65(86)75-51(69(90)91)36-46-24-18-16-19-25-46)78(10)68(89)60(42(4)5)77-67(88)61(43(6)7)79(11)71(93)96-40-47-30-32-49(33-31-47)74-66(87)48(26-22-34-73-70(72)92)37-54(82)59(41(2)3)76-57(83)29-21-17-20-27-50-53(81)38-56(97-14)63(50)85/h16,18-19,24-25,30-33,38,41-45,48,50-52,55,59-62,64H,15,17,20-23,26-29,34-37,39-40H2,1-14H3,(H,74,87)(H,75,86)(H,76,83)(H,77,88)(H,90,91)(H3,72,73,92)/t44-,45+,48+,50?,51-,52-,55+,59-,60-,61-,62-,64+/m0/s1. The summed E-state index contributed by atoms with van der Waals surface area (Å²) in [4.78, 5) is 165. The number of carboxylic acid groups (broad SMARTS) is 1. The van der Waals surface area contributed by atoms with Gasteiger partial charge in [0.2, 0.25) is 35.4 Å². The molecule has 0 radical (unpaired) electrons. The second kappa shape index (κ2) is 40.2. The van der Waals surface area contributed by atoms with Crippen LogP contribution in [0.2, 0.25) is 0 Å². The van der Waals surface area contributed by atoms with Crippen molar-refractivity contribution in [3.8, 4) is 0 Å². The van der Waals surface area contributed by atoms with Crippen molar-refractivity contribution in [1.29, 1.82) is 0 Å². The summed E-state index contributed by atoms with van der Waals surface area (Å²) in [5.41, 5.74) is 6.91. The van der Waals surface area contributed by atoms with Crippen LogP contribution in [-0.2, 0) is 75.2 Å². The van der Waals surface area contributed by atoms with Gasteiger partial charge in [0.05, 0.1) is 53.5 Å². The number of Topliss-reactive ketones (excluding diaryl/α,β-unsaturated/α-hetero) is 2. The van der Waals surface area contributed by atoms with Crippen molar-refractivity contribution in [3.05, 3.63) is 76.7 Å². The van der Waals surface area contributed by atoms with Crippen molar-refractivity contribution in [3.63, 3.8) is 0 Å². The van der Waals surface area contributed by atoms with Gasteiger partial charge >= 0.3 is 18.1 Å². The zero-order valence-corrected chi connectivity index (χ0v) is 60.0. The van der Waals surface area contributed by atoms with Crippen LogP contribution in [0.5, 0.6) is 0 Å². The summed E-state index contributed by atoms with van der Waals surface area (Å²) < 4.78 is 17.7. The number of carbonyl (C=O) groups excluding carboxylic acids is 11. The first kappa shape index (κ1) is 81.7. The first-order chi connectivity index (χ1) is 45.9. The van der Waals surface area contributed by atoms with Crippen LogP contribution >= 0.6 is 11.8 Å². The molecule has 25 nitrogen and oxygen atoms in total. The van der Waals surface area contributed by atoms with Crippen LogP contribution in [-0.4, -0.2) is 187 Å². The van der Waals surface area contributed by atoms with E-state index in [1.54, 1.807) is 115 Å². The van der Waals surface area contributed by atoms with E-state index in [0.717, 1.165) is 5.56 Å². The fraction of sp³-hybridized carbons (Fsp3) is 0.634. The number of nitrogens with one attached hydrogen (secondary N) is 5. The van der Waals surface area contributed by atoms with Crippen LogP contribution in [0.1, 0.15) is 150 Å². The molecule has 0 bridgehead atoms. The highest BCUT2D eigenvalue weighted by Crippen LogP contribution is 2.32. The van der Waals surface area contributed by atoms with Gasteiger partial charge in [-0.25, -0.2) is 14.4 Å². The van der Waals surface area contributed by atoms with E-state index in [-0.39, 0.29) is 86.3 Å². The topological polar surface area (TPSA) is 349 Å². The summed E-state index contributed by atoms with van der Waals surface area (Å²) in [6.07, 6.45) is 4.90. The molecule has 1 saturated heterocycles. The van der Waals surface area contributed by atoms with Crippen LogP contribution in [0, 0.1) is 41.4 Å². The second-order valence-electron chi connectivity index (χ2n) is 26.7. The molecule has 0 saturated carbocycles. The van der Waals surface area contributed by atoms with E-state index in [9.17, 15) is 62.6 Å². The number of rotatable bonds is 41. The number of hydrogen-bond acceptors (Lipinski definition) is 16. The highest BCUT2D eigenvalue weighted by atomic mass is 32.2. The summed E-state index contributed by atoms with van der Waals surface area (Å²) in [6.45, 7) is 16.5. The number of hydrogen-bond donors (Lipinski definition) is 7. The number of unbranched alkanes of at least 4 members (excludes halogenated alkanes) is 2. The molecule has 2 aliphatic rings. The largest absolute Gasteiger partial charge is 0.480 e. The highest BCUT2D eigenvalue weighted by Gasteiger charge is 2.44. The third-order valence-corrected chi connectivity index (χ3v) is 19.3. The van der Waals surface area contributed by atoms with Gasteiger partial charge in [0.15, 0.2) is 17.3 Å². The summed E-state index contributed by atoms with van der Waals surface area (Å²) >= 11 is 1.25. The monoisotopic (exact) mass is 1370 g/mol. The molecular formula is C71H107N9O16S. The minimum absolute atomic E-state index is 0.0764. The number of carboxylic acids is 1. The van der Waals surface area contributed by atoms with E-state index in [1.807, 2.05) is 19.9 Å². The second-order valence-corrected chi connectivity index (χ2v) is 27.5. The fourth-order valence-corrected chi connectivity index (χ4v) is 13.4. The van der Waals surface area contributed by atoms with Gasteiger partial charge in [-0.15, -0.1) is 11.8 Å². The normalized spacial score (nSPS) is 17.7. The number of benzene rings is 2. The van der Waals surface area contributed by atoms with Gasteiger partial charge in [0, 0.05) is 72.3 Å². The van der Waals surface area contributed by atoms with E-state index in [0.29, 0.717) is 74.1 Å². The number of anilines is 1. The minimum Gasteiger partial charge on any atom is -0.480 e. The number of nitrogens with zero attached hydrogens (tertiary/aromatic N) is 3. The Kier molecular flexibility index (Phi) is 33.9. The van der Waals surface area contributed by atoms with Crippen molar-refractivity contribution in [1.82, 2.24) is 36.0 Å². The lowest BCUT2D eigenvalue weighted by molar-refractivity contribution is -0.148. The van der Waals surface area contributed by atoms with Gasteiger partial charge in [-0.3, -0.25) is 48.1 Å². The number of nitrogens with two attached hydrogens (primary N) is 1. The molecule has 0 aromatic heterocycles. The van der Waals surface area contributed by atoms with Gasteiger partial charge in [0.1, 0.15) is 24.7 Å². The predicted molar refractivity (Wildman–Crippen MR) is 369 cm³/mol. The summed E-state index contributed by atoms with van der Waals surface area (Å²) in [5.74, 6) is -8.36. The average Bonchev–Trinajstić information content (AvgIpc) is 1.63. The maximum absolute atomic E-state index is 14.8.